The Morgan fingerprint density at radius 1 is 1.60 bits per heavy atom. The summed E-state index contributed by atoms with van der Waals surface area (Å²) in [4.78, 5) is 7.91. The minimum Gasteiger partial charge on any atom is -0.381 e. The van der Waals surface area contributed by atoms with Gasteiger partial charge in [-0.25, -0.2) is 4.98 Å². The van der Waals surface area contributed by atoms with Crippen LogP contribution in [-0.2, 0) is 4.74 Å². The molecular weight excluding hydrogens is 192 g/mol. The number of nitrogen functional groups attached to an aromatic ring is 1. The molecule has 82 valence electrons. The number of hydrogen-bond donors (Lipinski definition) is 2. The lowest BCUT2D eigenvalue weighted by Crippen LogP contribution is -2.24. The van der Waals surface area contributed by atoms with Gasteiger partial charge in [0.25, 0.3) is 0 Å². The Kier molecular flexibility index (Phi) is 3.34. The van der Waals surface area contributed by atoms with Gasteiger partial charge in [-0.05, 0) is 24.8 Å². The van der Waals surface area contributed by atoms with Gasteiger partial charge >= 0.3 is 0 Å². The first-order valence-corrected chi connectivity index (χ1v) is 5.25. The molecule has 0 aromatic carbocycles. The Morgan fingerprint density at radius 2 is 2.53 bits per heavy atom. The van der Waals surface area contributed by atoms with E-state index in [2.05, 4.69) is 15.3 Å². The number of nitrogens with one attached hydrogen (secondary N) is 1. The van der Waals surface area contributed by atoms with Crippen LogP contribution in [0.2, 0.25) is 0 Å². The SMILES string of the molecule is Nc1nccc(NCC2CCCOC2)n1. The van der Waals surface area contributed by atoms with Crippen molar-refractivity contribution in [1.29, 1.82) is 0 Å². The predicted molar refractivity (Wildman–Crippen MR) is 58.5 cm³/mol. The lowest BCUT2D eigenvalue weighted by atomic mass is 10.0. The lowest BCUT2D eigenvalue weighted by Gasteiger charge is -2.22. The Hall–Kier alpha value is -1.36. The summed E-state index contributed by atoms with van der Waals surface area (Å²) >= 11 is 0. The summed E-state index contributed by atoms with van der Waals surface area (Å²) < 4.78 is 5.40. The smallest absolute Gasteiger partial charge is 0.221 e. The molecule has 1 aliphatic heterocycles. The number of hydrogen-bond acceptors (Lipinski definition) is 5. The third-order valence-electron chi connectivity index (χ3n) is 2.50. The van der Waals surface area contributed by atoms with Crippen LogP contribution >= 0.6 is 0 Å². The molecule has 1 aliphatic rings. The fourth-order valence-electron chi connectivity index (χ4n) is 1.69. The molecule has 0 amide bonds. The molecule has 0 saturated carbocycles. The molecule has 2 heterocycles. The zero-order chi connectivity index (χ0) is 10.5. The van der Waals surface area contributed by atoms with Crippen molar-refractivity contribution < 1.29 is 4.74 Å². The number of ether oxygens (including phenoxy) is 1. The molecule has 1 atom stereocenters. The van der Waals surface area contributed by atoms with Crippen LogP contribution in [0.15, 0.2) is 12.3 Å². The third kappa shape index (κ3) is 3.06. The molecule has 2 rings (SSSR count). The summed E-state index contributed by atoms with van der Waals surface area (Å²) in [5.74, 6) is 1.67. The zero-order valence-corrected chi connectivity index (χ0v) is 8.65. The van der Waals surface area contributed by atoms with Crippen LogP contribution in [0, 0.1) is 5.92 Å². The Bertz CT molecular complexity index is 312. The Labute approximate surface area is 89.1 Å². The quantitative estimate of drug-likeness (QED) is 0.772. The normalized spacial score (nSPS) is 21.2. The van der Waals surface area contributed by atoms with E-state index in [9.17, 15) is 0 Å². The van der Waals surface area contributed by atoms with Crippen molar-refractivity contribution in [2.45, 2.75) is 12.8 Å². The number of nitrogens with zero attached hydrogens (tertiary/aromatic N) is 2. The van der Waals surface area contributed by atoms with Crippen molar-refractivity contribution in [3.05, 3.63) is 12.3 Å². The maximum atomic E-state index is 5.48. The highest BCUT2D eigenvalue weighted by Gasteiger charge is 2.13. The summed E-state index contributed by atoms with van der Waals surface area (Å²) in [7, 11) is 0. The van der Waals surface area contributed by atoms with Gasteiger partial charge in [0.2, 0.25) is 5.95 Å². The van der Waals surface area contributed by atoms with Crippen LogP contribution in [0.25, 0.3) is 0 Å². The van der Waals surface area contributed by atoms with E-state index in [1.54, 1.807) is 6.20 Å². The molecule has 0 bridgehead atoms. The van der Waals surface area contributed by atoms with Gasteiger partial charge in [0.15, 0.2) is 0 Å². The van der Waals surface area contributed by atoms with Gasteiger partial charge < -0.3 is 15.8 Å². The minimum atomic E-state index is 0.305. The molecule has 5 heteroatoms. The van der Waals surface area contributed by atoms with Gasteiger partial charge in [0, 0.05) is 19.3 Å². The van der Waals surface area contributed by atoms with Gasteiger partial charge in [0.05, 0.1) is 6.61 Å². The molecule has 1 unspecified atom stereocenters. The molecule has 15 heavy (non-hydrogen) atoms. The fraction of sp³-hybridized carbons (Fsp3) is 0.600. The number of aromatic nitrogens is 2. The summed E-state index contributed by atoms with van der Waals surface area (Å²) in [6, 6.07) is 1.82. The van der Waals surface area contributed by atoms with E-state index in [1.807, 2.05) is 6.07 Å². The fourth-order valence-corrected chi connectivity index (χ4v) is 1.69. The number of anilines is 2. The molecule has 1 fully saturated rings. The predicted octanol–water partition coefficient (Wildman–Crippen LogP) is 0.897. The van der Waals surface area contributed by atoms with E-state index >= 15 is 0 Å². The largest absolute Gasteiger partial charge is 0.381 e. The summed E-state index contributed by atoms with van der Waals surface area (Å²) in [5, 5.41) is 3.24. The monoisotopic (exact) mass is 208 g/mol. The van der Waals surface area contributed by atoms with Crippen LogP contribution in [0.5, 0.6) is 0 Å². The van der Waals surface area contributed by atoms with E-state index in [4.69, 9.17) is 10.5 Å². The van der Waals surface area contributed by atoms with Crippen molar-refractivity contribution in [3.8, 4) is 0 Å². The highest BCUT2D eigenvalue weighted by molar-refractivity contribution is 5.37. The van der Waals surface area contributed by atoms with E-state index in [-0.39, 0.29) is 0 Å². The average molecular weight is 208 g/mol. The van der Waals surface area contributed by atoms with Gasteiger partial charge in [-0.2, -0.15) is 4.98 Å². The first-order valence-electron chi connectivity index (χ1n) is 5.25. The van der Waals surface area contributed by atoms with Crippen LogP contribution in [0.4, 0.5) is 11.8 Å². The summed E-state index contributed by atoms with van der Waals surface area (Å²) in [6.45, 7) is 2.63. The average Bonchev–Trinajstić information content (AvgIpc) is 2.28. The molecule has 0 radical (unpaired) electrons. The molecule has 3 N–H and O–H groups in total. The molecule has 5 nitrogen and oxygen atoms in total. The molecule has 0 spiro atoms. The molecule has 0 aliphatic carbocycles. The van der Waals surface area contributed by atoms with Crippen molar-refractivity contribution in [1.82, 2.24) is 9.97 Å². The topological polar surface area (TPSA) is 73.1 Å². The lowest BCUT2D eigenvalue weighted by molar-refractivity contribution is 0.0595. The first kappa shape index (κ1) is 10.2. The maximum Gasteiger partial charge on any atom is 0.221 e. The van der Waals surface area contributed by atoms with E-state index in [0.29, 0.717) is 11.9 Å². The standard InChI is InChI=1S/C10H16N4O/c11-10-12-4-3-9(14-10)13-6-8-2-1-5-15-7-8/h3-4,8H,1-2,5-7H2,(H3,11,12,13,14). The van der Waals surface area contributed by atoms with Gasteiger partial charge in [-0.15, -0.1) is 0 Å². The highest BCUT2D eigenvalue weighted by atomic mass is 16.5. The summed E-state index contributed by atoms with van der Waals surface area (Å²) in [5.41, 5.74) is 5.48. The molecule has 1 aromatic heterocycles. The maximum absolute atomic E-state index is 5.48. The minimum absolute atomic E-state index is 0.305. The Balaban J connectivity index is 1.81. The molecule has 1 aromatic rings. The second-order valence-electron chi connectivity index (χ2n) is 3.76. The highest BCUT2D eigenvalue weighted by Crippen LogP contribution is 2.14. The second kappa shape index (κ2) is 4.93. The van der Waals surface area contributed by atoms with Crippen LogP contribution in [0.1, 0.15) is 12.8 Å². The van der Waals surface area contributed by atoms with E-state index < -0.39 is 0 Å². The van der Waals surface area contributed by atoms with Crippen LogP contribution < -0.4 is 11.1 Å². The Morgan fingerprint density at radius 3 is 3.27 bits per heavy atom. The van der Waals surface area contributed by atoms with Gasteiger partial charge in [-0.3, -0.25) is 0 Å². The zero-order valence-electron chi connectivity index (χ0n) is 8.65. The summed E-state index contributed by atoms with van der Waals surface area (Å²) in [6.07, 6.45) is 4.02. The molecule has 1 saturated heterocycles. The van der Waals surface area contributed by atoms with Gasteiger partial charge in [0.1, 0.15) is 5.82 Å². The molecular formula is C10H16N4O. The first-order chi connectivity index (χ1) is 7.34. The number of rotatable bonds is 3. The van der Waals surface area contributed by atoms with Crippen LogP contribution in [-0.4, -0.2) is 29.7 Å². The van der Waals surface area contributed by atoms with Gasteiger partial charge in [-0.1, -0.05) is 0 Å². The number of nitrogens with two attached hydrogens (primary N) is 1. The van der Waals surface area contributed by atoms with E-state index in [0.717, 1.165) is 32.0 Å². The van der Waals surface area contributed by atoms with Crippen molar-refractivity contribution in [2.75, 3.05) is 30.8 Å². The third-order valence-corrected chi connectivity index (χ3v) is 2.50. The van der Waals surface area contributed by atoms with Crippen molar-refractivity contribution >= 4 is 11.8 Å². The van der Waals surface area contributed by atoms with E-state index in [1.165, 1.54) is 6.42 Å². The van der Waals surface area contributed by atoms with Crippen molar-refractivity contribution in [3.63, 3.8) is 0 Å². The van der Waals surface area contributed by atoms with Crippen molar-refractivity contribution in [2.24, 2.45) is 5.92 Å². The second-order valence-corrected chi connectivity index (χ2v) is 3.76. The van der Waals surface area contributed by atoms with Crippen LogP contribution in [0.3, 0.4) is 0 Å².